The topological polar surface area (TPSA) is 106 Å². The number of carbonyl (C=O) groups excluding carboxylic acids is 1. The van der Waals surface area contributed by atoms with E-state index in [1.807, 2.05) is 0 Å². The summed E-state index contributed by atoms with van der Waals surface area (Å²) in [6.45, 7) is 0.367. The van der Waals surface area contributed by atoms with E-state index in [9.17, 15) is 14.7 Å². The largest absolute Gasteiger partial charge is 0.481 e. The van der Waals surface area contributed by atoms with Crippen LogP contribution in [0.5, 0.6) is 0 Å². The number of nitrogens with two attached hydrogens (primary N) is 1. The van der Waals surface area contributed by atoms with Crippen molar-refractivity contribution in [1.82, 2.24) is 5.32 Å². The summed E-state index contributed by atoms with van der Waals surface area (Å²) in [4.78, 5) is 23.7. The molecular formula is C15H22N2O4. The van der Waals surface area contributed by atoms with Crippen LogP contribution in [0.25, 0.3) is 0 Å². The Labute approximate surface area is 123 Å². The van der Waals surface area contributed by atoms with Crippen LogP contribution in [0.2, 0.25) is 0 Å². The zero-order valence-corrected chi connectivity index (χ0v) is 12.1. The highest BCUT2D eigenvalue weighted by atomic mass is 16.4. The van der Waals surface area contributed by atoms with Crippen molar-refractivity contribution in [2.24, 2.45) is 11.1 Å². The smallest absolute Gasteiger partial charge is 0.311 e. The van der Waals surface area contributed by atoms with Gasteiger partial charge in [0.25, 0.3) is 5.91 Å². The molecule has 1 heterocycles. The minimum absolute atomic E-state index is 0.139. The molecule has 1 fully saturated rings. The van der Waals surface area contributed by atoms with Gasteiger partial charge in [-0.2, -0.15) is 0 Å². The lowest BCUT2D eigenvalue weighted by atomic mass is 9.80. The summed E-state index contributed by atoms with van der Waals surface area (Å²) in [6, 6.07) is 3.20. The van der Waals surface area contributed by atoms with Gasteiger partial charge in [0.2, 0.25) is 0 Å². The van der Waals surface area contributed by atoms with Crippen molar-refractivity contribution in [2.45, 2.75) is 45.1 Å². The third kappa shape index (κ3) is 3.64. The summed E-state index contributed by atoms with van der Waals surface area (Å²) in [6.07, 6.45) is 5.10. The predicted molar refractivity (Wildman–Crippen MR) is 76.7 cm³/mol. The van der Waals surface area contributed by atoms with E-state index in [2.05, 4.69) is 5.32 Å². The molecule has 1 aromatic heterocycles. The SMILES string of the molecule is NCc1ccc(C(=O)NCC2(C(=O)O)CCCCCC2)o1. The third-order valence-electron chi connectivity index (χ3n) is 4.19. The Morgan fingerprint density at radius 2 is 1.90 bits per heavy atom. The van der Waals surface area contributed by atoms with E-state index in [1.54, 1.807) is 12.1 Å². The van der Waals surface area contributed by atoms with Gasteiger partial charge in [0.15, 0.2) is 5.76 Å². The molecule has 6 heteroatoms. The van der Waals surface area contributed by atoms with Crippen molar-refractivity contribution in [3.63, 3.8) is 0 Å². The molecule has 1 amide bonds. The second-order valence-corrected chi connectivity index (χ2v) is 5.65. The normalized spacial score (nSPS) is 18.0. The van der Waals surface area contributed by atoms with Crippen LogP contribution < -0.4 is 11.1 Å². The molecule has 4 N–H and O–H groups in total. The van der Waals surface area contributed by atoms with Gasteiger partial charge in [-0.25, -0.2) is 0 Å². The summed E-state index contributed by atoms with van der Waals surface area (Å²) in [5.41, 5.74) is 4.58. The third-order valence-corrected chi connectivity index (χ3v) is 4.19. The Bertz CT molecular complexity index is 502. The number of hydrogen-bond donors (Lipinski definition) is 3. The van der Waals surface area contributed by atoms with E-state index in [4.69, 9.17) is 10.2 Å². The van der Waals surface area contributed by atoms with Crippen molar-refractivity contribution in [2.75, 3.05) is 6.54 Å². The van der Waals surface area contributed by atoms with E-state index >= 15 is 0 Å². The Kier molecular flexibility index (Phi) is 5.01. The Hall–Kier alpha value is -1.82. The van der Waals surface area contributed by atoms with Gasteiger partial charge in [0, 0.05) is 6.54 Å². The molecule has 21 heavy (non-hydrogen) atoms. The highest BCUT2D eigenvalue weighted by Gasteiger charge is 2.39. The van der Waals surface area contributed by atoms with Crippen LogP contribution >= 0.6 is 0 Å². The van der Waals surface area contributed by atoms with Crippen LogP contribution in [-0.4, -0.2) is 23.5 Å². The summed E-state index contributed by atoms with van der Waals surface area (Å²) in [5.74, 6) is -0.515. The molecule has 0 unspecified atom stereocenters. The number of rotatable bonds is 5. The number of amides is 1. The summed E-state index contributed by atoms with van der Waals surface area (Å²) >= 11 is 0. The molecule has 1 aromatic rings. The number of carboxylic acid groups (broad SMARTS) is 1. The number of carboxylic acids is 1. The van der Waals surface area contributed by atoms with Gasteiger partial charge >= 0.3 is 5.97 Å². The quantitative estimate of drug-likeness (QED) is 0.719. The van der Waals surface area contributed by atoms with E-state index in [0.29, 0.717) is 18.6 Å². The van der Waals surface area contributed by atoms with Crippen LogP contribution in [0.4, 0.5) is 0 Å². The number of hydrogen-bond acceptors (Lipinski definition) is 4. The summed E-state index contributed by atoms with van der Waals surface area (Å²) in [7, 11) is 0. The predicted octanol–water partition coefficient (Wildman–Crippen LogP) is 1.89. The lowest BCUT2D eigenvalue weighted by Gasteiger charge is -2.28. The molecule has 1 aliphatic rings. The number of aliphatic carboxylic acids is 1. The summed E-state index contributed by atoms with van der Waals surface area (Å²) < 4.78 is 5.27. The van der Waals surface area contributed by atoms with Gasteiger partial charge in [-0.15, -0.1) is 0 Å². The standard InChI is InChI=1S/C15H22N2O4/c16-9-11-5-6-12(21-11)13(18)17-10-15(14(19)20)7-3-1-2-4-8-15/h5-6H,1-4,7-10,16H2,(H,17,18)(H,19,20). The van der Waals surface area contributed by atoms with Crippen molar-refractivity contribution in [3.05, 3.63) is 23.7 Å². The molecule has 0 aliphatic heterocycles. The lowest BCUT2D eigenvalue weighted by molar-refractivity contribution is -0.149. The molecule has 0 saturated heterocycles. The highest BCUT2D eigenvalue weighted by Crippen LogP contribution is 2.34. The monoisotopic (exact) mass is 294 g/mol. The van der Waals surface area contributed by atoms with E-state index < -0.39 is 11.4 Å². The van der Waals surface area contributed by atoms with Crippen molar-refractivity contribution in [3.8, 4) is 0 Å². The molecule has 0 spiro atoms. The fourth-order valence-electron chi connectivity index (χ4n) is 2.82. The second-order valence-electron chi connectivity index (χ2n) is 5.65. The Morgan fingerprint density at radius 1 is 1.24 bits per heavy atom. The van der Waals surface area contributed by atoms with Crippen molar-refractivity contribution < 1.29 is 19.1 Å². The molecule has 1 saturated carbocycles. The average Bonchev–Trinajstić information content (AvgIpc) is 2.83. The highest BCUT2D eigenvalue weighted by molar-refractivity contribution is 5.91. The van der Waals surface area contributed by atoms with Gasteiger partial charge in [-0.1, -0.05) is 25.7 Å². The van der Waals surface area contributed by atoms with Crippen LogP contribution in [0, 0.1) is 5.41 Å². The van der Waals surface area contributed by atoms with E-state index in [-0.39, 0.29) is 24.8 Å². The zero-order chi connectivity index (χ0) is 15.3. The molecule has 0 atom stereocenters. The molecule has 2 rings (SSSR count). The van der Waals surface area contributed by atoms with Crippen LogP contribution in [0.1, 0.15) is 54.8 Å². The molecule has 6 nitrogen and oxygen atoms in total. The number of furan rings is 1. The lowest BCUT2D eigenvalue weighted by Crippen LogP contribution is -2.42. The van der Waals surface area contributed by atoms with Gasteiger partial charge < -0.3 is 20.6 Å². The molecule has 0 radical (unpaired) electrons. The van der Waals surface area contributed by atoms with E-state index in [1.165, 1.54) is 0 Å². The van der Waals surface area contributed by atoms with Crippen LogP contribution in [0.15, 0.2) is 16.5 Å². The van der Waals surface area contributed by atoms with Crippen LogP contribution in [0.3, 0.4) is 0 Å². The first kappa shape index (κ1) is 15.6. The molecular weight excluding hydrogens is 272 g/mol. The van der Waals surface area contributed by atoms with Crippen molar-refractivity contribution >= 4 is 11.9 Å². The first-order chi connectivity index (χ1) is 10.1. The summed E-state index contributed by atoms with van der Waals surface area (Å²) in [5, 5.41) is 12.2. The first-order valence-corrected chi connectivity index (χ1v) is 7.38. The van der Waals surface area contributed by atoms with Crippen LogP contribution in [-0.2, 0) is 11.3 Å². The number of nitrogens with one attached hydrogen (secondary N) is 1. The first-order valence-electron chi connectivity index (χ1n) is 7.38. The maximum atomic E-state index is 12.0. The molecule has 1 aliphatic carbocycles. The van der Waals surface area contributed by atoms with Gasteiger partial charge in [0.05, 0.1) is 12.0 Å². The van der Waals surface area contributed by atoms with Gasteiger partial charge in [-0.3, -0.25) is 9.59 Å². The molecule has 0 aromatic carbocycles. The minimum atomic E-state index is -0.852. The maximum absolute atomic E-state index is 12.0. The minimum Gasteiger partial charge on any atom is -0.481 e. The van der Waals surface area contributed by atoms with Gasteiger partial charge in [-0.05, 0) is 25.0 Å². The van der Waals surface area contributed by atoms with E-state index in [0.717, 1.165) is 25.7 Å². The van der Waals surface area contributed by atoms with Crippen molar-refractivity contribution in [1.29, 1.82) is 0 Å². The number of carbonyl (C=O) groups is 2. The zero-order valence-electron chi connectivity index (χ0n) is 12.1. The van der Waals surface area contributed by atoms with Gasteiger partial charge in [0.1, 0.15) is 5.76 Å². The second kappa shape index (κ2) is 6.76. The Morgan fingerprint density at radius 3 is 2.43 bits per heavy atom. The fourth-order valence-corrected chi connectivity index (χ4v) is 2.82. The Balaban J connectivity index is 2.01. The molecule has 116 valence electrons. The fraction of sp³-hybridized carbons (Fsp3) is 0.600. The molecule has 0 bridgehead atoms. The average molecular weight is 294 g/mol. The maximum Gasteiger partial charge on any atom is 0.311 e.